The van der Waals surface area contributed by atoms with Crippen LogP contribution in [0.1, 0.15) is 11.1 Å². The van der Waals surface area contributed by atoms with Gasteiger partial charge < -0.3 is 9.47 Å². The third-order valence-corrected chi connectivity index (χ3v) is 6.19. The maximum atomic E-state index is 5.41. The van der Waals surface area contributed by atoms with Crippen LogP contribution in [0.5, 0.6) is 11.5 Å². The Morgan fingerprint density at radius 3 is 2.50 bits per heavy atom. The summed E-state index contributed by atoms with van der Waals surface area (Å²) in [6.07, 6.45) is 4.33. The maximum absolute atomic E-state index is 5.41. The van der Waals surface area contributed by atoms with Crippen molar-refractivity contribution in [3.05, 3.63) is 70.4 Å². The minimum atomic E-state index is 0.739. The SMILES string of the molecule is COc1ccc(/C=C/c2c(-c3ccsc3)sc3ccccc23)cc1OC. The zero-order valence-electron chi connectivity index (χ0n) is 14.6. The van der Waals surface area contributed by atoms with E-state index in [1.165, 1.54) is 26.1 Å². The first kappa shape index (κ1) is 16.9. The first-order chi connectivity index (χ1) is 12.8. The predicted molar refractivity (Wildman–Crippen MR) is 114 cm³/mol. The van der Waals surface area contributed by atoms with Gasteiger partial charge in [-0.25, -0.2) is 0 Å². The Labute approximate surface area is 161 Å². The Morgan fingerprint density at radius 2 is 1.73 bits per heavy atom. The molecule has 130 valence electrons. The molecule has 0 atom stereocenters. The highest BCUT2D eigenvalue weighted by Gasteiger charge is 2.12. The van der Waals surface area contributed by atoms with Gasteiger partial charge in [0.1, 0.15) is 0 Å². The normalized spacial score (nSPS) is 11.3. The first-order valence-corrected chi connectivity index (χ1v) is 10.0. The zero-order valence-corrected chi connectivity index (χ0v) is 16.2. The molecule has 0 fully saturated rings. The van der Waals surface area contributed by atoms with Gasteiger partial charge in [0.2, 0.25) is 0 Å². The number of hydrogen-bond acceptors (Lipinski definition) is 4. The Morgan fingerprint density at radius 1 is 0.885 bits per heavy atom. The van der Waals surface area contributed by atoms with Gasteiger partial charge in [0, 0.05) is 26.1 Å². The lowest BCUT2D eigenvalue weighted by atomic mass is 10.1. The molecule has 0 aliphatic heterocycles. The summed E-state index contributed by atoms with van der Waals surface area (Å²) >= 11 is 3.57. The van der Waals surface area contributed by atoms with Crippen molar-refractivity contribution in [2.24, 2.45) is 0 Å². The number of ether oxygens (including phenoxy) is 2. The van der Waals surface area contributed by atoms with Crippen LogP contribution >= 0.6 is 22.7 Å². The molecular formula is C22H18O2S2. The highest BCUT2D eigenvalue weighted by molar-refractivity contribution is 7.23. The highest BCUT2D eigenvalue weighted by atomic mass is 32.1. The molecule has 0 unspecified atom stereocenters. The summed E-state index contributed by atoms with van der Waals surface area (Å²) in [6, 6.07) is 16.7. The first-order valence-electron chi connectivity index (χ1n) is 8.24. The maximum Gasteiger partial charge on any atom is 0.161 e. The van der Waals surface area contributed by atoms with Crippen LogP contribution in [0.4, 0.5) is 0 Å². The van der Waals surface area contributed by atoms with Crippen LogP contribution in [0, 0.1) is 0 Å². The van der Waals surface area contributed by atoms with Crippen LogP contribution in [0.2, 0.25) is 0 Å². The fourth-order valence-electron chi connectivity index (χ4n) is 2.98. The predicted octanol–water partition coefficient (Wildman–Crippen LogP) is 6.82. The topological polar surface area (TPSA) is 18.5 Å². The Bertz CT molecular complexity index is 1060. The van der Waals surface area contributed by atoms with Gasteiger partial charge in [0.25, 0.3) is 0 Å². The largest absolute Gasteiger partial charge is 0.493 e. The van der Waals surface area contributed by atoms with Gasteiger partial charge in [0.05, 0.1) is 14.2 Å². The molecule has 0 saturated heterocycles. The van der Waals surface area contributed by atoms with Crippen LogP contribution in [0.25, 0.3) is 32.7 Å². The second kappa shape index (κ2) is 7.36. The second-order valence-corrected chi connectivity index (χ2v) is 7.63. The number of fused-ring (bicyclic) bond motifs is 1. The van der Waals surface area contributed by atoms with Crippen molar-refractivity contribution in [2.45, 2.75) is 0 Å². The van der Waals surface area contributed by atoms with Crippen molar-refractivity contribution in [3.8, 4) is 21.9 Å². The molecule has 0 saturated carbocycles. The van der Waals surface area contributed by atoms with Crippen LogP contribution in [-0.2, 0) is 0 Å². The summed E-state index contributed by atoms with van der Waals surface area (Å²) < 4.78 is 12.0. The van der Waals surface area contributed by atoms with Crippen LogP contribution < -0.4 is 9.47 Å². The van der Waals surface area contributed by atoms with Crippen LogP contribution in [0.15, 0.2) is 59.3 Å². The molecule has 4 aromatic rings. The lowest BCUT2D eigenvalue weighted by molar-refractivity contribution is 0.355. The van der Waals surface area contributed by atoms with Crippen molar-refractivity contribution in [2.75, 3.05) is 14.2 Å². The van der Waals surface area contributed by atoms with Crippen molar-refractivity contribution in [3.63, 3.8) is 0 Å². The Balaban J connectivity index is 1.79. The van der Waals surface area contributed by atoms with Gasteiger partial charge in [-0.2, -0.15) is 11.3 Å². The van der Waals surface area contributed by atoms with Crippen LogP contribution in [0.3, 0.4) is 0 Å². The second-order valence-electron chi connectivity index (χ2n) is 5.80. The molecular weight excluding hydrogens is 360 g/mol. The van der Waals surface area contributed by atoms with Crippen molar-refractivity contribution >= 4 is 44.9 Å². The molecule has 2 nitrogen and oxygen atoms in total. The quantitative estimate of drug-likeness (QED) is 0.379. The van der Waals surface area contributed by atoms with E-state index in [2.05, 4.69) is 53.2 Å². The monoisotopic (exact) mass is 378 g/mol. The molecule has 0 spiro atoms. The van der Waals surface area contributed by atoms with Gasteiger partial charge in [-0.3, -0.25) is 0 Å². The third kappa shape index (κ3) is 3.14. The molecule has 2 heterocycles. The Kier molecular flexibility index (Phi) is 4.78. The number of rotatable bonds is 5. The number of benzene rings is 2. The summed E-state index contributed by atoms with van der Waals surface area (Å²) in [4.78, 5) is 1.31. The minimum Gasteiger partial charge on any atom is -0.493 e. The smallest absolute Gasteiger partial charge is 0.161 e. The van der Waals surface area contributed by atoms with Crippen molar-refractivity contribution in [1.29, 1.82) is 0 Å². The highest BCUT2D eigenvalue weighted by Crippen LogP contribution is 2.40. The van der Waals surface area contributed by atoms with Gasteiger partial charge in [-0.1, -0.05) is 36.4 Å². The lowest BCUT2D eigenvalue weighted by Crippen LogP contribution is -1.90. The molecule has 0 bridgehead atoms. The van der Waals surface area contributed by atoms with E-state index in [9.17, 15) is 0 Å². The summed E-state index contributed by atoms with van der Waals surface area (Å²) in [7, 11) is 3.31. The van der Waals surface area contributed by atoms with E-state index < -0.39 is 0 Å². The molecule has 0 radical (unpaired) electrons. The molecule has 0 amide bonds. The van der Waals surface area contributed by atoms with Crippen molar-refractivity contribution < 1.29 is 9.47 Å². The molecule has 0 aliphatic rings. The fraction of sp³-hybridized carbons (Fsp3) is 0.0909. The summed E-state index contributed by atoms with van der Waals surface area (Å²) in [6.45, 7) is 0. The van der Waals surface area contributed by atoms with Gasteiger partial charge in [0.15, 0.2) is 11.5 Å². The molecule has 0 N–H and O–H groups in total. The van der Waals surface area contributed by atoms with E-state index in [-0.39, 0.29) is 0 Å². The third-order valence-electron chi connectivity index (χ3n) is 4.27. The van der Waals surface area contributed by atoms with Crippen LogP contribution in [-0.4, -0.2) is 14.2 Å². The molecule has 26 heavy (non-hydrogen) atoms. The van der Waals surface area contributed by atoms with E-state index in [0.717, 1.165) is 17.1 Å². The molecule has 0 aliphatic carbocycles. The average Bonchev–Trinajstić information content (AvgIpc) is 3.33. The number of methoxy groups -OCH3 is 2. The van der Waals surface area contributed by atoms with E-state index >= 15 is 0 Å². The zero-order chi connectivity index (χ0) is 17.9. The molecule has 4 heteroatoms. The molecule has 4 rings (SSSR count). The Hall–Kier alpha value is -2.56. The van der Waals surface area contributed by atoms with Gasteiger partial charge >= 0.3 is 0 Å². The fourth-order valence-corrected chi connectivity index (χ4v) is 4.88. The molecule has 2 aromatic carbocycles. The standard InChI is InChI=1S/C22H18O2S2/c1-23-19-10-8-15(13-20(19)24-2)7-9-18-17-5-3-4-6-21(17)26-22(18)16-11-12-25-14-16/h3-14H,1-2H3/b9-7+. The molecule has 2 aromatic heterocycles. The van der Waals surface area contributed by atoms with Crippen molar-refractivity contribution in [1.82, 2.24) is 0 Å². The summed E-state index contributed by atoms with van der Waals surface area (Å²) in [5.74, 6) is 1.48. The van der Waals surface area contributed by atoms with E-state index in [1.54, 1.807) is 25.6 Å². The van der Waals surface area contributed by atoms with E-state index in [0.29, 0.717) is 0 Å². The lowest BCUT2D eigenvalue weighted by Gasteiger charge is -2.07. The number of thiophene rings is 2. The average molecular weight is 379 g/mol. The number of hydrogen-bond donors (Lipinski definition) is 0. The summed E-state index contributed by atoms with van der Waals surface area (Å²) in [5, 5.41) is 5.62. The van der Waals surface area contributed by atoms with E-state index in [4.69, 9.17) is 9.47 Å². The van der Waals surface area contributed by atoms with Gasteiger partial charge in [-0.05, 0) is 40.6 Å². The van der Waals surface area contributed by atoms with E-state index in [1.807, 2.05) is 29.5 Å². The minimum absolute atomic E-state index is 0.739. The summed E-state index contributed by atoms with van der Waals surface area (Å²) in [5.41, 5.74) is 3.62. The van der Waals surface area contributed by atoms with Gasteiger partial charge in [-0.15, -0.1) is 11.3 Å².